The number of aryl methyl sites for hydroxylation is 2. The molecule has 3 aromatic rings. The molecule has 130 valence electrons. The van der Waals surface area contributed by atoms with Crippen LogP contribution in [0.5, 0.6) is 11.5 Å². The van der Waals surface area contributed by atoms with Gasteiger partial charge < -0.3 is 19.7 Å². The minimum Gasteiger partial charge on any atom is -0.454 e. The third-order valence-electron chi connectivity index (χ3n) is 4.40. The Labute approximate surface area is 149 Å². The zero-order valence-corrected chi connectivity index (χ0v) is 15.0. The van der Waals surface area contributed by atoms with Crippen LogP contribution in [0.1, 0.15) is 34.0 Å². The van der Waals surface area contributed by atoms with Gasteiger partial charge in [0.2, 0.25) is 6.79 Å². The number of H-pyrrole nitrogens is 4. The van der Waals surface area contributed by atoms with E-state index in [-0.39, 0.29) is 17.9 Å². The van der Waals surface area contributed by atoms with E-state index in [1.165, 1.54) is 0 Å². The average Bonchev–Trinajstić information content (AvgIpc) is 3.24. The van der Waals surface area contributed by atoms with Gasteiger partial charge in [0, 0.05) is 21.8 Å². The lowest BCUT2D eigenvalue weighted by Gasteiger charge is -2.18. The Bertz CT molecular complexity index is 1020. The van der Waals surface area contributed by atoms with Crippen LogP contribution in [0, 0.1) is 13.8 Å². The normalized spacial score (nSPS) is 13.0. The fourth-order valence-corrected chi connectivity index (χ4v) is 3.77. The maximum atomic E-state index is 12.4. The molecule has 0 aliphatic carbocycles. The standard InChI is InChI=1S/C16H15BrN4O4/c1-6-12(15(22)20-18-6)14(13-7(2)19-21-16(13)23)8-3-10-11(4-9(8)17)25-5-24-10/h3-4,14H,5H2,1-2H3,(H2,18,20,22)(H2,19,21,23). The molecular formula is C16H15BrN4O4. The van der Waals surface area contributed by atoms with Gasteiger partial charge in [-0.05, 0) is 31.5 Å². The molecule has 0 saturated carbocycles. The molecule has 25 heavy (non-hydrogen) atoms. The molecule has 4 rings (SSSR count). The SMILES string of the molecule is Cc1[nH][nH]c(=O)c1C(c1cc2c(cc1Br)OCO2)c1c(C)[nH][nH]c1=O. The molecule has 8 nitrogen and oxygen atoms in total. The van der Waals surface area contributed by atoms with Crippen molar-refractivity contribution in [3.8, 4) is 11.5 Å². The molecule has 1 aliphatic heterocycles. The highest BCUT2D eigenvalue weighted by Crippen LogP contribution is 2.43. The number of aromatic nitrogens is 4. The molecule has 1 aliphatic rings. The van der Waals surface area contributed by atoms with Crippen LogP contribution in [0.3, 0.4) is 0 Å². The van der Waals surface area contributed by atoms with Crippen molar-refractivity contribution in [2.75, 3.05) is 6.79 Å². The van der Waals surface area contributed by atoms with E-state index in [1.807, 2.05) is 0 Å². The molecule has 0 amide bonds. The minimum atomic E-state index is -0.575. The number of nitrogens with one attached hydrogen (secondary N) is 4. The minimum absolute atomic E-state index is 0.142. The lowest BCUT2D eigenvalue weighted by Crippen LogP contribution is -2.20. The van der Waals surface area contributed by atoms with Crippen LogP contribution in [0.2, 0.25) is 0 Å². The summed E-state index contributed by atoms with van der Waals surface area (Å²) in [5, 5.41) is 10.8. The molecule has 0 spiro atoms. The van der Waals surface area contributed by atoms with E-state index in [9.17, 15) is 9.59 Å². The molecule has 4 N–H and O–H groups in total. The molecule has 0 atom stereocenters. The van der Waals surface area contributed by atoms with Gasteiger partial charge in [0.25, 0.3) is 11.1 Å². The Morgan fingerprint density at radius 3 is 1.92 bits per heavy atom. The van der Waals surface area contributed by atoms with E-state index in [4.69, 9.17) is 9.47 Å². The zero-order chi connectivity index (χ0) is 17.7. The average molecular weight is 407 g/mol. The second-order valence-electron chi connectivity index (χ2n) is 5.90. The number of aromatic amines is 4. The van der Waals surface area contributed by atoms with E-state index in [0.29, 0.717) is 34.0 Å². The Morgan fingerprint density at radius 2 is 1.44 bits per heavy atom. The summed E-state index contributed by atoms with van der Waals surface area (Å²) < 4.78 is 11.6. The van der Waals surface area contributed by atoms with E-state index in [0.717, 1.165) is 10.0 Å². The lowest BCUT2D eigenvalue weighted by atomic mass is 9.85. The van der Waals surface area contributed by atoms with Crippen molar-refractivity contribution < 1.29 is 9.47 Å². The van der Waals surface area contributed by atoms with Crippen molar-refractivity contribution in [3.05, 3.63) is 65.4 Å². The first-order valence-electron chi connectivity index (χ1n) is 7.60. The number of hydrogen-bond acceptors (Lipinski definition) is 4. The van der Waals surface area contributed by atoms with Gasteiger partial charge in [-0.1, -0.05) is 15.9 Å². The van der Waals surface area contributed by atoms with Gasteiger partial charge in [0.15, 0.2) is 11.5 Å². The van der Waals surface area contributed by atoms with Crippen molar-refractivity contribution in [2.45, 2.75) is 19.8 Å². The van der Waals surface area contributed by atoms with Crippen LogP contribution in [0.15, 0.2) is 26.2 Å². The maximum absolute atomic E-state index is 12.4. The summed E-state index contributed by atoms with van der Waals surface area (Å²) >= 11 is 3.54. The maximum Gasteiger partial charge on any atom is 0.268 e. The monoisotopic (exact) mass is 406 g/mol. The van der Waals surface area contributed by atoms with E-state index < -0.39 is 5.92 Å². The highest BCUT2D eigenvalue weighted by molar-refractivity contribution is 9.10. The molecule has 0 bridgehead atoms. The van der Waals surface area contributed by atoms with Gasteiger partial charge in [-0.2, -0.15) is 0 Å². The second-order valence-corrected chi connectivity index (χ2v) is 6.75. The van der Waals surface area contributed by atoms with E-state index >= 15 is 0 Å². The molecule has 0 radical (unpaired) electrons. The van der Waals surface area contributed by atoms with E-state index in [1.54, 1.807) is 26.0 Å². The van der Waals surface area contributed by atoms with E-state index in [2.05, 4.69) is 36.3 Å². The zero-order valence-electron chi connectivity index (χ0n) is 13.5. The highest BCUT2D eigenvalue weighted by Gasteiger charge is 2.31. The number of benzene rings is 1. The molecule has 0 saturated heterocycles. The van der Waals surface area contributed by atoms with Crippen molar-refractivity contribution in [1.29, 1.82) is 0 Å². The summed E-state index contributed by atoms with van der Waals surface area (Å²) in [6.45, 7) is 3.72. The quantitative estimate of drug-likeness (QED) is 0.532. The molecular weight excluding hydrogens is 392 g/mol. The number of hydrogen-bond donors (Lipinski definition) is 4. The smallest absolute Gasteiger partial charge is 0.268 e. The predicted molar refractivity (Wildman–Crippen MR) is 93.5 cm³/mol. The van der Waals surface area contributed by atoms with Crippen molar-refractivity contribution in [1.82, 2.24) is 20.4 Å². The van der Waals surface area contributed by atoms with Gasteiger partial charge in [-0.25, -0.2) is 0 Å². The van der Waals surface area contributed by atoms with Crippen molar-refractivity contribution >= 4 is 15.9 Å². The van der Waals surface area contributed by atoms with Crippen LogP contribution >= 0.6 is 15.9 Å². The molecule has 0 unspecified atom stereocenters. The van der Waals surface area contributed by atoms with Gasteiger partial charge in [-0.15, -0.1) is 0 Å². The summed E-state index contributed by atoms with van der Waals surface area (Å²) in [5.41, 5.74) is 2.49. The van der Waals surface area contributed by atoms with Gasteiger partial charge >= 0.3 is 0 Å². The number of rotatable bonds is 3. The van der Waals surface area contributed by atoms with Crippen LogP contribution in [-0.4, -0.2) is 27.2 Å². The molecule has 1 aromatic carbocycles. The number of fused-ring (bicyclic) bond motifs is 1. The Kier molecular flexibility index (Phi) is 3.60. The van der Waals surface area contributed by atoms with Crippen molar-refractivity contribution in [3.63, 3.8) is 0 Å². The first-order valence-corrected chi connectivity index (χ1v) is 8.40. The third-order valence-corrected chi connectivity index (χ3v) is 5.09. The van der Waals surface area contributed by atoms with Crippen molar-refractivity contribution in [2.24, 2.45) is 0 Å². The fourth-order valence-electron chi connectivity index (χ4n) is 3.22. The van der Waals surface area contributed by atoms with Gasteiger partial charge in [-0.3, -0.25) is 19.8 Å². The molecule has 0 fully saturated rings. The molecule has 9 heteroatoms. The number of ether oxygens (including phenoxy) is 2. The Morgan fingerprint density at radius 1 is 0.920 bits per heavy atom. The Balaban J connectivity index is 2.03. The van der Waals surface area contributed by atoms with Gasteiger partial charge in [0.1, 0.15) is 0 Å². The fraction of sp³-hybridized carbons (Fsp3) is 0.250. The summed E-state index contributed by atoms with van der Waals surface area (Å²) in [6.07, 6.45) is 0. The highest BCUT2D eigenvalue weighted by atomic mass is 79.9. The Hall–Kier alpha value is -2.68. The summed E-state index contributed by atoms with van der Waals surface area (Å²) in [6, 6.07) is 3.59. The number of halogens is 1. The first-order chi connectivity index (χ1) is 12.0. The summed E-state index contributed by atoms with van der Waals surface area (Å²) in [4.78, 5) is 24.9. The second kappa shape index (κ2) is 5.69. The summed E-state index contributed by atoms with van der Waals surface area (Å²) in [5.74, 6) is 0.625. The van der Waals surface area contributed by atoms with Crippen LogP contribution in [0.25, 0.3) is 0 Å². The van der Waals surface area contributed by atoms with Gasteiger partial charge in [0.05, 0.1) is 11.1 Å². The summed E-state index contributed by atoms with van der Waals surface area (Å²) in [7, 11) is 0. The topological polar surface area (TPSA) is 116 Å². The predicted octanol–water partition coefficient (Wildman–Crippen LogP) is 2.01. The van der Waals surface area contributed by atoms with Crippen LogP contribution < -0.4 is 20.6 Å². The molecule has 3 heterocycles. The molecule has 2 aromatic heterocycles. The lowest BCUT2D eigenvalue weighted by molar-refractivity contribution is 0.174. The largest absolute Gasteiger partial charge is 0.454 e. The first kappa shape index (κ1) is 15.8. The van der Waals surface area contributed by atoms with Crippen LogP contribution in [0.4, 0.5) is 0 Å². The third kappa shape index (κ3) is 2.42. The van der Waals surface area contributed by atoms with Crippen LogP contribution in [-0.2, 0) is 0 Å².